The first-order chi connectivity index (χ1) is 6.15. The maximum absolute atomic E-state index is 11.2. The van der Waals surface area contributed by atoms with E-state index in [9.17, 15) is 4.79 Å². The van der Waals surface area contributed by atoms with Crippen LogP contribution in [0.4, 0.5) is 0 Å². The zero-order valence-corrected chi connectivity index (χ0v) is 11.5. The zero-order valence-electron chi connectivity index (χ0n) is 8.50. The van der Waals surface area contributed by atoms with Crippen LogP contribution in [-0.2, 0) is 13.1 Å². The fourth-order valence-electron chi connectivity index (χ4n) is 0.870. The summed E-state index contributed by atoms with van der Waals surface area (Å²) < 4.78 is 10.2. The summed E-state index contributed by atoms with van der Waals surface area (Å²) in [5, 5.41) is 0. The fraction of sp³-hybridized carbons (Fsp3) is 0.667. The number of methoxy groups -OCH3 is 1. The Bertz CT molecular complexity index is 189. The van der Waals surface area contributed by atoms with Crippen LogP contribution >= 0.6 is 0 Å². The van der Waals surface area contributed by atoms with Crippen LogP contribution < -0.4 is 0 Å². The van der Waals surface area contributed by atoms with Crippen LogP contribution in [0.2, 0.25) is 0 Å². The molecule has 73 valence electrons. The molecule has 1 radical (unpaired) electrons. The van der Waals surface area contributed by atoms with E-state index in [2.05, 4.69) is 0 Å². The molecule has 0 aromatic carbocycles. The number of ether oxygens (including phenoxy) is 1. The molecule has 0 heterocycles. The van der Waals surface area contributed by atoms with Crippen LogP contribution in [0.1, 0.15) is 26.7 Å². The standard InChI is InChI=1S/C9H16O3.Ga.H/c1-4-5-8(10)6-9(11)7(2)12-3;;/h6-7,11H,4-5H2,1-3H3;;/q;+1;/p-1. The minimum absolute atomic E-state index is 0.106. The predicted molar refractivity (Wildman–Crippen MR) is 52.7 cm³/mol. The van der Waals surface area contributed by atoms with Crippen molar-refractivity contribution in [3.05, 3.63) is 11.8 Å². The summed E-state index contributed by atoms with van der Waals surface area (Å²) >= 11 is 0.680. The molecule has 0 N–H and O–H groups in total. The number of hydrogen-bond donors (Lipinski definition) is 0. The van der Waals surface area contributed by atoms with E-state index in [-0.39, 0.29) is 11.9 Å². The summed E-state index contributed by atoms with van der Waals surface area (Å²) in [6, 6.07) is 0. The van der Waals surface area contributed by atoms with E-state index >= 15 is 0 Å². The van der Waals surface area contributed by atoms with Crippen LogP contribution in [0.25, 0.3) is 0 Å². The molecule has 4 heteroatoms. The van der Waals surface area contributed by atoms with Crippen molar-refractivity contribution in [2.45, 2.75) is 32.8 Å². The second kappa shape index (κ2) is 7.23. The summed E-state index contributed by atoms with van der Waals surface area (Å²) in [6.07, 6.45) is 2.85. The van der Waals surface area contributed by atoms with Crippen molar-refractivity contribution in [2.75, 3.05) is 7.11 Å². The molecule has 13 heavy (non-hydrogen) atoms. The van der Waals surface area contributed by atoms with Gasteiger partial charge in [0.05, 0.1) is 0 Å². The second-order valence-corrected chi connectivity index (χ2v) is 3.39. The Kier molecular flexibility index (Phi) is 7.13. The molecule has 0 bridgehead atoms. The maximum atomic E-state index is 11.2. The van der Waals surface area contributed by atoms with Crippen molar-refractivity contribution in [3.8, 4) is 0 Å². The Morgan fingerprint density at radius 1 is 1.62 bits per heavy atom. The summed E-state index contributed by atoms with van der Waals surface area (Å²) in [7, 11) is 1.60. The number of rotatable bonds is 6. The van der Waals surface area contributed by atoms with Gasteiger partial charge in [0, 0.05) is 0 Å². The van der Waals surface area contributed by atoms with Crippen molar-refractivity contribution >= 4 is 24.7 Å². The van der Waals surface area contributed by atoms with Gasteiger partial charge in [-0.1, -0.05) is 0 Å². The van der Waals surface area contributed by atoms with Gasteiger partial charge in [-0.05, 0) is 0 Å². The number of ketones is 1. The first-order valence-corrected chi connectivity index (χ1v) is 5.56. The van der Waals surface area contributed by atoms with Crippen LogP contribution in [0.3, 0.4) is 0 Å². The molecule has 0 aliphatic carbocycles. The Morgan fingerprint density at radius 3 is 2.62 bits per heavy atom. The van der Waals surface area contributed by atoms with Crippen molar-refractivity contribution in [1.29, 1.82) is 0 Å². The molecular weight excluding hydrogens is 226 g/mol. The van der Waals surface area contributed by atoms with Crippen LogP contribution in [-0.4, -0.2) is 38.0 Å². The van der Waals surface area contributed by atoms with Gasteiger partial charge >= 0.3 is 89.5 Å². The molecule has 0 spiro atoms. The second-order valence-electron chi connectivity index (χ2n) is 2.79. The van der Waals surface area contributed by atoms with Gasteiger partial charge in [-0.25, -0.2) is 0 Å². The zero-order chi connectivity index (χ0) is 10.3. The molecule has 0 aliphatic heterocycles. The van der Waals surface area contributed by atoms with Gasteiger partial charge in [-0.2, -0.15) is 0 Å². The molecule has 0 saturated carbocycles. The molecular formula is C9H16GaO3. The van der Waals surface area contributed by atoms with E-state index in [0.29, 0.717) is 31.1 Å². The minimum atomic E-state index is -0.130. The van der Waals surface area contributed by atoms with Crippen LogP contribution in [0, 0.1) is 0 Å². The third kappa shape index (κ3) is 5.18. The molecule has 0 saturated heterocycles. The van der Waals surface area contributed by atoms with Crippen molar-refractivity contribution in [1.82, 2.24) is 0 Å². The average molecular weight is 242 g/mol. The third-order valence-electron chi connectivity index (χ3n) is 1.72. The van der Waals surface area contributed by atoms with Gasteiger partial charge < -0.3 is 0 Å². The molecule has 1 unspecified atom stereocenters. The summed E-state index contributed by atoms with van der Waals surface area (Å²) in [6.45, 7) is 3.84. The van der Waals surface area contributed by atoms with Crippen molar-refractivity contribution < 1.29 is 13.1 Å². The van der Waals surface area contributed by atoms with Crippen molar-refractivity contribution in [2.24, 2.45) is 0 Å². The molecule has 0 aromatic rings. The number of hydrogen-bond acceptors (Lipinski definition) is 3. The van der Waals surface area contributed by atoms with E-state index in [4.69, 9.17) is 8.27 Å². The Hall–Kier alpha value is -0.194. The molecule has 1 atom stereocenters. The number of allylic oxidation sites excluding steroid dienone is 1. The van der Waals surface area contributed by atoms with E-state index < -0.39 is 0 Å². The van der Waals surface area contributed by atoms with Gasteiger partial charge in [0.2, 0.25) is 0 Å². The first-order valence-electron chi connectivity index (χ1n) is 4.34. The predicted octanol–water partition coefficient (Wildman–Crippen LogP) is 1.11. The summed E-state index contributed by atoms with van der Waals surface area (Å²) in [4.78, 5) is 11.2. The normalized spacial score (nSPS) is 13.9. The summed E-state index contributed by atoms with van der Waals surface area (Å²) in [5.74, 6) is 0.746. The van der Waals surface area contributed by atoms with E-state index in [1.54, 1.807) is 13.2 Å². The molecule has 0 fully saturated rings. The monoisotopic (exact) mass is 241 g/mol. The first kappa shape index (κ1) is 12.8. The van der Waals surface area contributed by atoms with Gasteiger partial charge in [-0.15, -0.1) is 0 Å². The molecule has 3 nitrogen and oxygen atoms in total. The van der Waals surface area contributed by atoms with Gasteiger partial charge in [0.25, 0.3) is 0 Å². The molecule has 0 aliphatic rings. The number of carbonyl (C=O) groups excluding carboxylic acids is 1. The number of carbonyl (C=O) groups is 1. The molecule has 0 amide bonds. The van der Waals surface area contributed by atoms with E-state index in [0.717, 1.165) is 6.42 Å². The van der Waals surface area contributed by atoms with Gasteiger partial charge in [-0.3, -0.25) is 0 Å². The third-order valence-corrected chi connectivity index (χ3v) is 2.42. The average Bonchev–Trinajstić information content (AvgIpc) is 2.13. The van der Waals surface area contributed by atoms with Gasteiger partial charge in [0.1, 0.15) is 0 Å². The van der Waals surface area contributed by atoms with Crippen LogP contribution in [0.15, 0.2) is 11.8 Å². The van der Waals surface area contributed by atoms with E-state index in [1.807, 2.05) is 13.8 Å². The quantitative estimate of drug-likeness (QED) is 0.397. The Balaban J connectivity index is 4.28. The topological polar surface area (TPSA) is 35.5 Å². The Labute approximate surface area is 89.8 Å². The fourth-order valence-corrected chi connectivity index (χ4v) is 1.54. The molecule has 0 rings (SSSR count). The SMILES string of the molecule is CCCC(=O)C=C([O][GaH])C(C)OC. The van der Waals surface area contributed by atoms with Gasteiger partial charge in [0.15, 0.2) is 0 Å². The van der Waals surface area contributed by atoms with Crippen molar-refractivity contribution in [3.63, 3.8) is 0 Å². The summed E-state index contributed by atoms with van der Waals surface area (Å²) in [5.41, 5.74) is 0. The molecule has 0 aromatic heterocycles. The van der Waals surface area contributed by atoms with Crippen LogP contribution in [0.5, 0.6) is 0 Å². The Morgan fingerprint density at radius 2 is 2.23 bits per heavy atom. The van der Waals surface area contributed by atoms with E-state index in [1.165, 1.54) is 0 Å².